The molecule has 0 aliphatic rings. The van der Waals surface area contributed by atoms with Gasteiger partial charge in [-0.3, -0.25) is 9.59 Å². The smallest absolute Gasteiger partial charge is 0.325 e. The molecule has 112 valence electrons. The molecule has 1 rings (SSSR count). The van der Waals surface area contributed by atoms with Gasteiger partial charge in [-0.25, -0.2) is 0 Å². The molecule has 0 spiro atoms. The lowest BCUT2D eigenvalue weighted by Crippen LogP contribution is -2.31. The number of thioether (sulfide) groups is 1. The molecule has 0 fully saturated rings. The van der Waals surface area contributed by atoms with Crippen LogP contribution in [0.5, 0.6) is 0 Å². The Kier molecular flexibility index (Phi) is 6.50. The molecule has 0 atom stereocenters. The molecule has 0 aliphatic carbocycles. The van der Waals surface area contributed by atoms with Gasteiger partial charge in [-0.2, -0.15) is 0 Å². The Hall–Kier alpha value is -1.57. The van der Waals surface area contributed by atoms with Crippen molar-refractivity contribution in [1.29, 1.82) is 0 Å². The van der Waals surface area contributed by atoms with E-state index in [1.54, 1.807) is 6.92 Å². The molecule has 0 aliphatic heterocycles. The van der Waals surface area contributed by atoms with Gasteiger partial charge in [0.15, 0.2) is 5.16 Å². The first-order chi connectivity index (χ1) is 9.45. The Labute approximate surface area is 122 Å². The number of rotatable bonds is 7. The molecular weight excluding hydrogens is 280 g/mol. The fourth-order valence-corrected chi connectivity index (χ4v) is 2.27. The summed E-state index contributed by atoms with van der Waals surface area (Å²) in [6.45, 7) is 5.98. The van der Waals surface area contributed by atoms with E-state index in [0.717, 1.165) is 5.82 Å². The van der Waals surface area contributed by atoms with Crippen LogP contribution in [0.2, 0.25) is 0 Å². The highest BCUT2D eigenvalue weighted by Gasteiger charge is 2.13. The van der Waals surface area contributed by atoms with Crippen molar-refractivity contribution in [3.05, 3.63) is 5.82 Å². The van der Waals surface area contributed by atoms with Crippen molar-refractivity contribution < 1.29 is 14.3 Å². The van der Waals surface area contributed by atoms with Crippen molar-refractivity contribution in [1.82, 2.24) is 20.1 Å². The molecule has 0 saturated heterocycles. The number of nitrogens with one attached hydrogen (secondary N) is 1. The van der Waals surface area contributed by atoms with Gasteiger partial charge in [-0.15, -0.1) is 10.2 Å². The highest BCUT2D eigenvalue weighted by molar-refractivity contribution is 7.99. The predicted molar refractivity (Wildman–Crippen MR) is 75.5 cm³/mol. The van der Waals surface area contributed by atoms with E-state index in [2.05, 4.69) is 15.5 Å². The summed E-state index contributed by atoms with van der Waals surface area (Å²) in [6, 6.07) is 0. The first-order valence-electron chi connectivity index (χ1n) is 6.40. The summed E-state index contributed by atoms with van der Waals surface area (Å²) in [5.41, 5.74) is 0. The monoisotopic (exact) mass is 300 g/mol. The molecule has 0 radical (unpaired) electrons. The van der Waals surface area contributed by atoms with Gasteiger partial charge in [-0.05, 0) is 6.92 Å². The summed E-state index contributed by atoms with van der Waals surface area (Å²) < 4.78 is 6.59. The summed E-state index contributed by atoms with van der Waals surface area (Å²) in [5.74, 6) is 0.659. The van der Waals surface area contributed by atoms with Crippen LogP contribution in [-0.2, 0) is 21.4 Å². The minimum absolute atomic E-state index is 0.108. The maximum Gasteiger partial charge on any atom is 0.325 e. The quantitative estimate of drug-likeness (QED) is 0.589. The van der Waals surface area contributed by atoms with E-state index >= 15 is 0 Å². The molecule has 0 bridgehead atoms. The Morgan fingerprint density at radius 2 is 2.10 bits per heavy atom. The van der Waals surface area contributed by atoms with Gasteiger partial charge in [0.25, 0.3) is 0 Å². The lowest BCUT2D eigenvalue weighted by molar-refractivity contribution is -0.143. The first-order valence-corrected chi connectivity index (χ1v) is 7.38. The van der Waals surface area contributed by atoms with Gasteiger partial charge in [0.1, 0.15) is 12.4 Å². The van der Waals surface area contributed by atoms with Crippen LogP contribution in [0.1, 0.15) is 32.5 Å². The zero-order valence-electron chi connectivity index (χ0n) is 12.2. The molecule has 0 saturated carbocycles. The molecule has 8 heteroatoms. The summed E-state index contributed by atoms with van der Waals surface area (Å²) in [5, 5.41) is 11.3. The van der Waals surface area contributed by atoms with Gasteiger partial charge in [-0.1, -0.05) is 25.6 Å². The maximum atomic E-state index is 11.6. The average molecular weight is 300 g/mol. The Balaban J connectivity index is 2.40. The van der Waals surface area contributed by atoms with E-state index in [1.165, 1.54) is 11.8 Å². The zero-order chi connectivity index (χ0) is 15.1. The van der Waals surface area contributed by atoms with E-state index in [4.69, 9.17) is 4.74 Å². The SMILES string of the molecule is CCOC(=O)CNC(=O)CSc1nnc(C(C)C)n1C. The molecule has 7 nitrogen and oxygen atoms in total. The van der Waals surface area contributed by atoms with Crippen LogP contribution in [0.25, 0.3) is 0 Å². The fraction of sp³-hybridized carbons (Fsp3) is 0.667. The third-order valence-corrected chi connectivity index (χ3v) is 3.47. The van der Waals surface area contributed by atoms with Crippen LogP contribution in [-0.4, -0.2) is 45.5 Å². The van der Waals surface area contributed by atoms with Gasteiger partial charge < -0.3 is 14.6 Å². The minimum Gasteiger partial charge on any atom is -0.465 e. The van der Waals surface area contributed by atoms with Crippen LogP contribution in [0, 0.1) is 0 Å². The molecular formula is C12H20N4O3S. The molecule has 1 aromatic rings. The Morgan fingerprint density at radius 3 is 2.65 bits per heavy atom. The summed E-state index contributed by atoms with van der Waals surface area (Å²) in [4.78, 5) is 22.7. The number of aromatic nitrogens is 3. The highest BCUT2D eigenvalue weighted by atomic mass is 32.2. The lowest BCUT2D eigenvalue weighted by atomic mass is 10.2. The van der Waals surface area contributed by atoms with Crippen molar-refractivity contribution in [2.24, 2.45) is 7.05 Å². The number of carbonyl (C=O) groups excluding carboxylic acids is 2. The number of nitrogens with zero attached hydrogens (tertiary/aromatic N) is 3. The first kappa shape index (κ1) is 16.5. The number of hydrogen-bond donors (Lipinski definition) is 1. The van der Waals surface area contributed by atoms with E-state index in [0.29, 0.717) is 11.8 Å². The highest BCUT2D eigenvalue weighted by Crippen LogP contribution is 2.19. The summed E-state index contributed by atoms with van der Waals surface area (Å²) in [7, 11) is 1.87. The molecule has 0 aromatic carbocycles. The summed E-state index contributed by atoms with van der Waals surface area (Å²) in [6.07, 6.45) is 0. The van der Waals surface area contributed by atoms with Crippen LogP contribution in [0.15, 0.2) is 5.16 Å². The molecule has 1 amide bonds. The summed E-state index contributed by atoms with van der Waals surface area (Å²) >= 11 is 1.28. The second-order valence-corrected chi connectivity index (χ2v) is 5.37. The second kappa shape index (κ2) is 7.88. The number of amides is 1. The fourth-order valence-electron chi connectivity index (χ4n) is 1.52. The van der Waals surface area contributed by atoms with Crippen molar-refractivity contribution in [3.8, 4) is 0 Å². The standard InChI is InChI=1S/C12H20N4O3S/c1-5-19-10(18)6-13-9(17)7-20-12-15-14-11(8(2)3)16(12)4/h8H,5-7H2,1-4H3,(H,13,17). The van der Waals surface area contributed by atoms with Crippen molar-refractivity contribution in [3.63, 3.8) is 0 Å². The van der Waals surface area contributed by atoms with Gasteiger partial charge in [0, 0.05) is 13.0 Å². The number of esters is 1. The van der Waals surface area contributed by atoms with E-state index in [1.807, 2.05) is 25.5 Å². The normalized spacial score (nSPS) is 10.7. The van der Waals surface area contributed by atoms with Gasteiger partial charge >= 0.3 is 5.97 Å². The van der Waals surface area contributed by atoms with E-state index < -0.39 is 5.97 Å². The number of ether oxygens (including phenoxy) is 1. The van der Waals surface area contributed by atoms with Crippen molar-refractivity contribution >= 4 is 23.6 Å². The second-order valence-electron chi connectivity index (χ2n) is 4.42. The van der Waals surface area contributed by atoms with E-state index in [9.17, 15) is 9.59 Å². The van der Waals surface area contributed by atoms with Crippen molar-refractivity contribution in [2.75, 3.05) is 18.9 Å². The van der Waals surface area contributed by atoms with Crippen LogP contribution >= 0.6 is 11.8 Å². The third-order valence-electron chi connectivity index (χ3n) is 2.45. The van der Waals surface area contributed by atoms with E-state index in [-0.39, 0.29) is 24.1 Å². The number of carbonyl (C=O) groups is 2. The lowest BCUT2D eigenvalue weighted by Gasteiger charge is -2.06. The molecule has 1 aromatic heterocycles. The maximum absolute atomic E-state index is 11.6. The largest absolute Gasteiger partial charge is 0.465 e. The van der Waals surface area contributed by atoms with Crippen LogP contribution < -0.4 is 5.32 Å². The molecule has 0 unspecified atom stereocenters. The average Bonchev–Trinajstić information content (AvgIpc) is 2.75. The van der Waals surface area contributed by atoms with Gasteiger partial charge in [0.05, 0.1) is 12.4 Å². The van der Waals surface area contributed by atoms with Crippen LogP contribution in [0.3, 0.4) is 0 Å². The molecule has 1 N–H and O–H groups in total. The number of hydrogen-bond acceptors (Lipinski definition) is 6. The third kappa shape index (κ3) is 4.84. The molecule has 20 heavy (non-hydrogen) atoms. The van der Waals surface area contributed by atoms with Gasteiger partial charge in [0.2, 0.25) is 5.91 Å². The van der Waals surface area contributed by atoms with Crippen LogP contribution in [0.4, 0.5) is 0 Å². The predicted octanol–water partition coefficient (Wildman–Crippen LogP) is 0.710. The topological polar surface area (TPSA) is 86.1 Å². The van der Waals surface area contributed by atoms with Crippen molar-refractivity contribution in [2.45, 2.75) is 31.8 Å². The Bertz CT molecular complexity index is 473. The molecule has 1 heterocycles. The zero-order valence-corrected chi connectivity index (χ0v) is 13.0. The Morgan fingerprint density at radius 1 is 1.40 bits per heavy atom. The minimum atomic E-state index is -0.438.